The van der Waals surface area contributed by atoms with Gasteiger partial charge in [-0.1, -0.05) is 24.3 Å². The van der Waals surface area contributed by atoms with E-state index in [9.17, 15) is 8.78 Å². The fourth-order valence-corrected chi connectivity index (χ4v) is 1.92. The molecule has 0 bridgehead atoms. The second-order valence-electron chi connectivity index (χ2n) is 5.53. The van der Waals surface area contributed by atoms with Crippen molar-refractivity contribution in [3.05, 3.63) is 120 Å². The Bertz CT molecular complexity index is 726. The number of alkyl halides is 2. The molecule has 0 amide bonds. The molecule has 5 heteroatoms. The summed E-state index contributed by atoms with van der Waals surface area (Å²) < 4.78 is 23.6. The van der Waals surface area contributed by atoms with E-state index >= 15 is 0 Å². The Morgan fingerprint density at radius 1 is 0.586 bits per heavy atom. The Hall–Kier alpha value is -2.52. The van der Waals surface area contributed by atoms with Gasteiger partial charge < -0.3 is 10.2 Å². The Morgan fingerprint density at radius 2 is 0.931 bits per heavy atom. The van der Waals surface area contributed by atoms with Crippen LogP contribution in [0.25, 0.3) is 0 Å². The molecule has 0 fully saturated rings. The van der Waals surface area contributed by atoms with Crippen molar-refractivity contribution in [2.75, 3.05) is 0 Å². The van der Waals surface area contributed by atoms with Gasteiger partial charge in [-0.2, -0.15) is 36.4 Å². The number of hydrogen-bond acceptors (Lipinski definition) is 2. The Labute approximate surface area is 189 Å². The van der Waals surface area contributed by atoms with E-state index in [1.54, 1.807) is 24.3 Å². The van der Waals surface area contributed by atoms with Crippen LogP contribution in [0.3, 0.4) is 0 Å². The molecule has 0 aliphatic heterocycles. The van der Waals surface area contributed by atoms with Crippen LogP contribution < -0.4 is 0 Å². The first-order valence-corrected chi connectivity index (χ1v) is 8.66. The minimum Gasteiger partial charge on any atom is -0.508 e. The van der Waals surface area contributed by atoms with E-state index in [1.165, 1.54) is 24.3 Å². The smallest absolute Gasteiger partial charge is 0.508 e. The molecule has 4 rings (SSSR count). The molecule has 0 radical (unpaired) electrons. The summed E-state index contributed by atoms with van der Waals surface area (Å²) in [4.78, 5) is 0. The van der Waals surface area contributed by atoms with Gasteiger partial charge in [-0.3, -0.25) is 0 Å². The third-order valence-corrected chi connectivity index (χ3v) is 3.24. The monoisotopic (exact) mass is 472 g/mol. The van der Waals surface area contributed by atoms with Gasteiger partial charge in [-0.25, -0.2) is 33.0 Å². The molecule has 0 aromatic heterocycles. The van der Waals surface area contributed by atoms with Crippen molar-refractivity contribution in [3.63, 3.8) is 0 Å². The molecule has 4 aromatic rings. The van der Waals surface area contributed by atoms with Crippen molar-refractivity contribution in [1.82, 2.24) is 0 Å². The molecule has 150 valence electrons. The van der Waals surface area contributed by atoms with E-state index in [0.29, 0.717) is 11.1 Å². The average molecular weight is 474 g/mol. The summed E-state index contributed by atoms with van der Waals surface area (Å²) in [6, 6.07) is 32.3. The summed E-state index contributed by atoms with van der Waals surface area (Å²) in [5, 5.41) is 17.6. The first-order valence-electron chi connectivity index (χ1n) is 8.66. The van der Waals surface area contributed by atoms with E-state index < -0.39 is 13.3 Å². The van der Waals surface area contributed by atoms with Crippen LogP contribution >= 0.6 is 0 Å². The Kier molecular flexibility index (Phi) is 16.0. The molecule has 0 heterocycles. The van der Waals surface area contributed by atoms with Crippen molar-refractivity contribution in [1.29, 1.82) is 0 Å². The van der Waals surface area contributed by atoms with E-state index in [0.717, 1.165) is 0 Å². The normalized spacial score (nSPS) is 8.62. The molecule has 29 heavy (non-hydrogen) atoms. The Morgan fingerprint density at radius 3 is 1.10 bits per heavy atom. The van der Waals surface area contributed by atoms with Crippen LogP contribution in [0.2, 0.25) is 0 Å². The van der Waals surface area contributed by atoms with Gasteiger partial charge in [0.15, 0.2) is 0 Å². The standard InChI is InChI=1S/2C7H7FO.2C5H5.Zr/c2*8-5-6-2-1-3-7(9)4-6;2*1-2-4-5-3-1;/h2*1-4,9H,5H2;2*1-5H;/q;;2*-1;+2. The molecular weight excluding hydrogens is 449 g/mol. The molecule has 0 saturated heterocycles. The molecule has 0 unspecified atom stereocenters. The third-order valence-electron chi connectivity index (χ3n) is 3.24. The van der Waals surface area contributed by atoms with Crippen LogP contribution in [0.1, 0.15) is 11.1 Å². The predicted molar refractivity (Wildman–Crippen MR) is 110 cm³/mol. The van der Waals surface area contributed by atoms with Crippen molar-refractivity contribution < 1.29 is 45.2 Å². The zero-order valence-corrected chi connectivity index (χ0v) is 18.4. The second-order valence-corrected chi connectivity index (χ2v) is 5.53. The quantitative estimate of drug-likeness (QED) is 0.325. The van der Waals surface area contributed by atoms with Crippen molar-refractivity contribution >= 4 is 0 Å². The first-order chi connectivity index (χ1) is 13.7. The second kappa shape index (κ2) is 17.6. The summed E-state index contributed by atoms with van der Waals surface area (Å²) >= 11 is 0. The molecule has 4 aromatic carbocycles. The number of phenols is 2. The summed E-state index contributed by atoms with van der Waals surface area (Å²) in [7, 11) is 0. The predicted octanol–water partition coefficient (Wildman–Crippen LogP) is 6.53. The zero-order valence-electron chi connectivity index (χ0n) is 16.0. The first kappa shape index (κ1) is 26.5. The van der Waals surface area contributed by atoms with E-state index in [2.05, 4.69) is 0 Å². The van der Waals surface area contributed by atoms with Crippen LogP contribution in [-0.4, -0.2) is 10.2 Å². The minimum absolute atomic E-state index is 0. The van der Waals surface area contributed by atoms with Gasteiger partial charge in [0, 0.05) is 0 Å². The molecule has 0 spiro atoms. The Balaban J connectivity index is 0.000000369. The van der Waals surface area contributed by atoms with Crippen LogP contribution in [0.5, 0.6) is 11.5 Å². The average Bonchev–Trinajstić information content (AvgIpc) is 3.47. The zero-order chi connectivity index (χ0) is 20.5. The van der Waals surface area contributed by atoms with E-state index in [-0.39, 0.29) is 37.7 Å². The molecule has 2 N–H and O–H groups in total. The topological polar surface area (TPSA) is 40.5 Å². The fourth-order valence-electron chi connectivity index (χ4n) is 1.92. The molecule has 0 aliphatic carbocycles. The maximum Gasteiger partial charge on any atom is 2.00 e. The maximum absolute atomic E-state index is 11.8. The van der Waals surface area contributed by atoms with Gasteiger partial charge >= 0.3 is 26.2 Å². The number of phenolic OH excluding ortho intramolecular Hbond substituents is 2. The van der Waals surface area contributed by atoms with Crippen LogP contribution in [0.4, 0.5) is 8.78 Å². The van der Waals surface area contributed by atoms with Gasteiger partial charge in [0.1, 0.15) is 24.8 Å². The largest absolute Gasteiger partial charge is 2.00 e. The summed E-state index contributed by atoms with van der Waals surface area (Å²) in [6.45, 7) is -1.04. The van der Waals surface area contributed by atoms with Gasteiger partial charge in [-0.05, 0) is 35.4 Å². The summed E-state index contributed by atoms with van der Waals surface area (Å²) in [5.41, 5.74) is 1.02. The molecule has 0 saturated carbocycles. The molecular formula is C24H24F2O2Zr. The number of halogens is 2. The van der Waals surface area contributed by atoms with Crippen LogP contribution in [-0.2, 0) is 39.6 Å². The van der Waals surface area contributed by atoms with Gasteiger partial charge in [-0.15, -0.1) is 0 Å². The maximum atomic E-state index is 11.8. The number of hydrogen-bond donors (Lipinski definition) is 2. The van der Waals surface area contributed by atoms with E-state index in [4.69, 9.17) is 10.2 Å². The summed E-state index contributed by atoms with van der Waals surface area (Å²) in [6.07, 6.45) is 0. The van der Waals surface area contributed by atoms with Crippen molar-refractivity contribution in [3.8, 4) is 11.5 Å². The van der Waals surface area contributed by atoms with Crippen molar-refractivity contribution in [2.24, 2.45) is 0 Å². The van der Waals surface area contributed by atoms with Crippen LogP contribution in [0, 0.1) is 0 Å². The number of rotatable bonds is 2. The molecule has 2 nitrogen and oxygen atoms in total. The molecule has 0 atom stereocenters. The van der Waals surface area contributed by atoms with Crippen LogP contribution in [0.15, 0.2) is 109 Å². The third kappa shape index (κ3) is 14.2. The minimum atomic E-state index is -0.519. The SMILES string of the molecule is Oc1cccc(CF)c1.Oc1cccc(CF)c1.[Zr+2].c1cc[cH-]c1.c1cc[cH-]c1. The fraction of sp³-hybridized carbons (Fsp3) is 0.0833. The van der Waals surface area contributed by atoms with Gasteiger partial charge in [0.05, 0.1) is 0 Å². The van der Waals surface area contributed by atoms with E-state index in [1.807, 2.05) is 60.7 Å². The van der Waals surface area contributed by atoms with Gasteiger partial charge in [0.2, 0.25) is 0 Å². The number of benzene rings is 2. The number of aromatic hydroxyl groups is 2. The molecule has 0 aliphatic rings. The van der Waals surface area contributed by atoms with Crippen molar-refractivity contribution in [2.45, 2.75) is 13.3 Å². The summed E-state index contributed by atoms with van der Waals surface area (Å²) in [5.74, 6) is 0.232. The van der Waals surface area contributed by atoms with Gasteiger partial charge in [0.25, 0.3) is 0 Å².